The fraction of sp³-hybridized carbons (Fsp3) is 0.100. The third-order valence-corrected chi connectivity index (χ3v) is 7.04. The maximum Gasteiger partial charge on any atom is 0.270 e. The van der Waals surface area contributed by atoms with Crippen LogP contribution >= 0.6 is 11.3 Å². The lowest BCUT2D eigenvalue weighted by Gasteiger charge is -2.29. The van der Waals surface area contributed by atoms with Crippen LogP contribution in [0.2, 0.25) is 0 Å². The highest BCUT2D eigenvalue weighted by atomic mass is 32.2. The van der Waals surface area contributed by atoms with Crippen LogP contribution in [0.15, 0.2) is 71.2 Å². The fourth-order valence-electron chi connectivity index (χ4n) is 3.01. The van der Waals surface area contributed by atoms with E-state index >= 15 is 0 Å². The quantitative estimate of drug-likeness (QED) is 0.629. The average Bonchev–Trinajstić information content (AvgIpc) is 3.18. The highest BCUT2D eigenvalue weighted by Gasteiger charge is 2.41. The molecule has 0 saturated heterocycles. The summed E-state index contributed by atoms with van der Waals surface area (Å²) in [4.78, 5) is 16.9. The summed E-state index contributed by atoms with van der Waals surface area (Å²) in [5, 5.41) is 4.53. The van der Waals surface area contributed by atoms with Crippen LogP contribution in [0.4, 0.5) is 10.1 Å². The number of thiophene rings is 1. The summed E-state index contributed by atoms with van der Waals surface area (Å²) in [6.07, 6.45) is 2.85. The molecule has 3 aromatic rings. The van der Waals surface area contributed by atoms with Gasteiger partial charge in [0, 0.05) is 12.4 Å². The van der Waals surface area contributed by atoms with Crippen LogP contribution in [0.1, 0.15) is 20.9 Å². The Morgan fingerprint density at radius 1 is 1.17 bits per heavy atom. The highest BCUT2D eigenvalue weighted by molar-refractivity contribution is 7.97. The predicted octanol–water partition coefficient (Wildman–Crippen LogP) is 3.45. The number of rotatable bonds is 5. The van der Waals surface area contributed by atoms with Gasteiger partial charge in [-0.05, 0) is 41.3 Å². The minimum Gasteiger partial charge on any atom is -0.384 e. The van der Waals surface area contributed by atoms with E-state index in [9.17, 15) is 17.6 Å². The van der Waals surface area contributed by atoms with Crippen molar-refractivity contribution >= 4 is 32.8 Å². The molecule has 1 aliphatic heterocycles. The number of Topliss-reactive ketones (excluding diaryl/α,β-unsaturated/α-hetero) is 1. The number of carbonyl (C=O) groups is 1. The van der Waals surface area contributed by atoms with Gasteiger partial charge >= 0.3 is 0 Å². The van der Waals surface area contributed by atoms with Gasteiger partial charge < -0.3 is 5.32 Å². The minimum atomic E-state index is -4.12. The van der Waals surface area contributed by atoms with Crippen LogP contribution in [0, 0.1) is 5.82 Å². The standard InChI is InChI=1S/C20H16FN3O3S2/c21-15-5-3-4-14(10-15)13-24-17-7-9-28-20(17)19(25)18(29(24,26)27)12-22-11-16-6-1-2-8-23-16/h1-10,12,22H,11,13H2/b18-12-. The number of benzene rings is 1. The maximum atomic E-state index is 13.6. The Bertz CT molecular complexity index is 1190. The maximum absolute atomic E-state index is 13.6. The first kappa shape index (κ1) is 19.3. The summed E-state index contributed by atoms with van der Waals surface area (Å²) in [6.45, 7) is 0.197. The second-order valence-corrected chi connectivity index (χ2v) is 9.06. The van der Waals surface area contributed by atoms with Gasteiger partial charge in [-0.2, -0.15) is 0 Å². The zero-order chi connectivity index (χ0) is 20.4. The van der Waals surface area contributed by atoms with E-state index < -0.39 is 21.6 Å². The number of nitrogens with one attached hydrogen (secondary N) is 1. The van der Waals surface area contributed by atoms with Gasteiger partial charge in [0.05, 0.1) is 24.5 Å². The lowest BCUT2D eigenvalue weighted by Crippen LogP contribution is -2.38. The van der Waals surface area contributed by atoms with Crippen LogP contribution in [0.5, 0.6) is 0 Å². The number of sulfonamides is 1. The molecule has 1 aliphatic rings. The third-order valence-electron chi connectivity index (χ3n) is 4.37. The molecule has 0 radical (unpaired) electrons. The molecule has 0 spiro atoms. The van der Waals surface area contributed by atoms with Crippen molar-refractivity contribution in [2.24, 2.45) is 0 Å². The van der Waals surface area contributed by atoms with E-state index in [1.807, 2.05) is 6.07 Å². The number of hydrogen-bond donors (Lipinski definition) is 1. The number of carbonyl (C=O) groups excluding carboxylic acids is 1. The van der Waals surface area contributed by atoms with Crippen LogP contribution < -0.4 is 9.62 Å². The van der Waals surface area contributed by atoms with Gasteiger partial charge in [0.25, 0.3) is 10.0 Å². The van der Waals surface area contributed by atoms with Gasteiger partial charge in [-0.15, -0.1) is 11.3 Å². The molecule has 148 valence electrons. The summed E-state index contributed by atoms with van der Waals surface area (Å²) >= 11 is 1.17. The second-order valence-electron chi connectivity index (χ2n) is 6.32. The summed E-state index contributed by atoms with van der Waals surface area (Å²) < 4.78 is 41.1. The van der Waals surface area contributed by atoms with Crippen molar-refractivity contribution < 1.29 is 17.6 Å². The van der Waals surface area contributed by atoms with E-state index in [4.69, 9.17) is 0 Å². The largest absolute Gasteiger partial charge is 0.384 e. The summed E-state index contributed by atoms with van der Waals surface area (Å²) in [5.41, 5.74) is 1.51. The van der Waals surface area contributed by atoms with Gasteiger partial charge in [-0.25, -0.2) is 12.8 Å². The lowest BCUT2D eigenvalue weighted by molar-refractivity contribution is 0.104. The Kier molecular flexibility index (Phi) is 5.16. The zero-order valence-corrected chi connectivity index (χ0v) is 16.7. The molecular formula is C20H16FN3O3S2. The molecule has 0 aliphatic carbocycles. The lowest BCUT2D eigenvalue weighted by atomic mass is 10.2. The normalized spacial score (nSPS) is 16.7. The fourth-order valence-corrected chi connectivity index (χ4v) is 5.52. The molecule has 0 saturated carbocycles. The second kappa shape index (κ2) is 7.76. The molecule has 0 bridgehead atoms. The Morgan fingerprint density at radius 2 is 2.03 bits per heavy atom. The number of pyridine rings is 1. The molecule has 3 heterocycles. The van der Waals surface area contributed by atoms with E-state index in [-0.39, 0.29) is 18.0 Å². The van der Waals surface area contributed by atoms with Gasteiger partial charge in [0.15, 0.2) is 4.91 Å². The summed E-state index contributed by atoms with van der Waals surface area (Å²) in [7, 11) is -4.12. The van der Waals surface area contributed by atoms with Crippen molar-refractivity contribution in [3.8, 4) is 0 Å². The molecule has 0 amide bonds. The Hall–Kier alpha value is -3.04. The molecule has 0 unspecified atom stereocenters. The SMILES string of the molecule is O=C1/C(=C/NCc2ccccn2)S(=O)(=O)N(Cc2cccc(F)c2)c2ccsc21. The van der Waals surface area contributed by atoms with E-state index in [1.165, 1.54) is 35.7 Å². The molecule has 2 aromatic heterocycles. The van der Waals surface area contributed by atoms with E-state index in [0.717, 1.165) is 4.31 Å². The van der Waals surface area contributed by atoms with Crippen molar-refractivity contribution in [1.29, 1.82) is 0 Å². The summed E-state index contributed by atoms with van der Waals surface area (Å²) in [6, 6.07) is 12.7. The van der Waals surface area contributed by atoms with E-state index in [1.54, 1.807) is 35.8 Å². The first-order valence-electron chi connectivity index (χ1n) is 8.69. The Morgan fingerprint density at radius 3 is 2.79 bits per heavy atom. The van der Waals surface area contributed by atoms with Gasteiger partial charge in [-0.1, -0.05) is 18.2 Å². The molecule has 0 atom stereocenters. The molecular weight excluding hydrogens is 413 g/mol. The number of hydrogen-bond acceptors (Lipinski definition) is 6. The topological polar surface area (TPSA) is 79.4 Å². The van der Waals surface area contributed by atoms with Gasteiger partial charge in [0.1, 0.15) is 10.7 Å². The van der Waals surface area contributed by atoms with E-state index in [0.29, 0.717) is 21.8 Å². The smallest absolute Gasteiger partial charge is 0.270 e. The number of fused-ring (bicyclic) bond motifs is 1. The van der Waals surface area contributed by atoms with Crippen molar-refractivity contribution in [3.05, 3.63) is 93.2 Å². The van der Waals surface area contributed by atoms with Crippen LogP contribution in [-0.2, 0) is 23.1 Å². The molecule has 0 fully saturated rings. The van der Waals surface area contributed by atoms with Gasteiger partial charge in [-0.3, -0.25) is 14.1 Å². The van der Waals surface area contributed by atoms with Gasteiger partial charge in [0.2, 0.25) is 5.78 Å². The zero-order valence-electron chi connectivity index (χ0n) is 15.1. The molecule has 1 aromatic carbocycles. The first-order valence-corrected chi connectivity index (χ1v) is 11.0. The van der Waals surface area contributed by atoms with Crippen molar-refractivity contribution in [2.45, 2.75) is 13.1 Å². The third kappa shape index (κ3) is 3.79. The molecule has 4 rings (SSSR count). The number of nitrogens with zero attached hydrogens (tertiary/aromatic N) is 2. The number of aromatic nitrogens is 1. The predicted molar refractivity (Wildman–Crippen MR) is 109 cm³/mol. The number of halogens is 1. The monoisotopic (exact) mass is 429 g/mol. The average molecular weight is 429 g/mol. The minimum absolute atomic E-state index is 0.0747. The van der Waals surface area contributed by atoms with E-state index in [2.05, 4.69) is 10.3 Å². The number of ketones is 1. The number of anilines is 1. The van der Waals surface area contributed by atoms with Crippen LogP contribution in [0.3, 0.4) is 0 Å². The Labute approximate surface area is 171 Å². The molecule has 6 nitrogen and oxygen atoms in total. The first-order chi connectivity index (χ1) is 14.0. The molecule has 1 N–H and O–H groups in total. The van der Waals surface area contributed by atoms with Crippen molar-refractivity contribution in [2.75, 3.05) is 4.31 Å². The van der Waals surface area contributed by atoms with Crippen LogP contribution in [0.25, 0.3) is 0 Å². The van der Waals surface area contributed by atoms with Crippen LogP contribution in [-0.4, -0.2) is 19.2 Å². The highest BCUT2D eigenvalue weighted by Crippen LogP contribution is 2.39. The Balaban J connectivity index is 1.68. The number of allylic oxidation sites excluding steroid dienone is 1. The van der Waals surface area contributed by atoms with Crippen molar-refractivity contribution in [3.63, 3.8) is 0 Å². The van der Waals surface area contributed by atoms with Crippen molar-refractivity contribution in [1.82, 2.24) is 10.3 Å². The molecule has 9 heteroatoms. The molecule has 29 heavy (non-hydrogen) atoms. The summed E-state index contributed by atoms with van der Waals surface area (Å²) in [5.74, 6) is -1.01.